The Balaban J connectivity index is 2.88. The van der Waals surface area contributed by atoms with E-state index < -0.39 is 5.60 Å². The predicted molar refractivity (Wildman–Crippen MR) is 113 cm³/mol. The summed E-state index contributed by atoms with van der Waals surface area (Å²) >= 11 is 0. The summed E-state index contributed by atoms with van der Waals surface area (Å²) in [7, 11) is 0. The molecule has 158 valence electrons. The average molecular weight is 391 g/mol. The van der Waals surface area contributed by atoms with Gasteiger partial charge in [-0.05, 0) is 61.3 Å². The summed E-state index contributed by atoms with van der Waals surface area (Å²) < 4.78 is 11.3. The summed E-state index contributed by atoms with van der Waals surface area (Å²) in [5.74, 6) is -0.364. The van der Waals surface area contributed by atoms with Crippen LogP contribution in [0.4, 0.5) is 0 Å². The van der Waals surface area contributed by atoms with Crippen LogP contribution in [-0.4, -0.2) is 17.5 Å². The Morgan fingerprint density at radius 3 is 1.79 bits per heavy atom. The molecule has 0 aliphatic heterocycles. The fourth-order valence-corrected chi connectivity index (χ4v) is 2.88. The van der Waals surface area contributed by atoms with Crippen molar-refractivity contribution < 1.29 is 19.1 Å². The largest absolute Gasteiger partial charge is 0.456 e. The Morgan fingerprint density at radius 2 is 1.39 bits per heavy atom. The van der Waals surface area contributed by atoms with Gasteiger partial charge in [-0.2, -0.15) is 0 Å². The number of esters is 2. The minimum atomic E-state index is -0.463. The van der Waals surface area contributed by atoms with Crippen molar-refractivity contribution in [2.75, 3.05) is 0 Å². The van der Waals surface area contributed by atoms with Gasteiger partial charge in [-0.25, -0.2) is 4.79 Å². The van der Waals surface area contributed by atoms with Gasteiger partial charge >= 0.3 is 11.9 Å². The summed E-state index contributed by atoms with van der Waals surface area (Å²) in [6.45, 7) is 18.5. The molecule has 0 radical (unpaired) electrons. The third kappa shape index (κ3) is 7.29. The first-order chi connectivity index (χ1) is 12.7. The molecule has 0 saturated heterocycles. The monoisotopic (exact) mass is 390 g/mol. The van der Waals surface area contributed by atoms with Crippen LogP contribution in [0.3, 0.4) is 0 Å². The second-order valence-corrected chi connectivity index (χ2v) is 10.2. The highest BCUT2D eigenvalue weighted by Crippen LogP contribution is 2.37. The Morgan fingerprint density at radius 1 is 0.893 bits per heavy atom. The SMILES string of the molecule is CCC(C)(CC)OC(=O)c1ccc(OC(=O)C(CC(C)(C)C)C(C)(C)C)cc1. The normalized spacial score (nSPS) is 13.8. The second kappa shape index (κ2) is 9.11. The molecular formula is C24H38O4. The summed E-state index contributed by atoms with van der Waals surface area (Å²) in [6, 6.07) is 6.60. The Labute approximate surface area is 171 Å². The summed E-state index contributed by atoms with van der Waals surface area (Å²) in [5.41, 5.74) is -0.181. The minimum Gasteiger partial charge on any atom is -0.456 e. The highest BCUT2D eigenvalue weighted by Gasteiger charge is 2.36. The number of ether oxygens (including phenoxy) is 2. The van der Waals surface area contributed by atoms with E-state index in [0.29, 0.717) is 11.3 Å². The molecule has 1 atom stereocenters. The molecule has 0 aromatic heterocycles. The molecule has 0 amide bonds. The molecule has 0 heterocycles. The zero-order valence-electron chi connectivity index (χ0n) is 19.1. The highest BCUT2D eigenvalue weighted by molar-refractivity contribution is 5.90. The zero-order valence-corrected chi connectivity index (χ0v) is 19.1. The van der Waals surface area contributed by atoms with Crippen molar-refractivity contribution in [1.82, 2.24) is 0 Å². The van der Waals surface area contributed by atoms with Gasteiger partial charge in [0.05, 0.1) is 11.5 Å². The molecule has 28 heavy (non-hydrogen) atoms. The van der Waals surface area contributed by atoms with Crippen molar-refractivity contribution >= 4 is 11.9 Å². The molecule has 4 heteroatoms. The highest BCUT2D eigenvalue weighted by atomic mass is 16.6. The van der Waals surface area contributed by atoms with Crippen molar-refractivity contribution in [3.8, 4) is 5.75 Å². The lowest BCUT2D eigenvalue weighted by Gasteiger charge is -2.33. The first-order valence-electron chi connectivity index (χ1n) is 10.3. The van der Waals surface area contributed by atoms with Crippen molar-refractivity contribution in [2.24, 2.45) is 16.7 Å². The van der Waals surface area contributed by atoms with Crippen LogP contribution in [0, 0.1) is 16.7 Å². The van der Waals surface area contributed by atoms with E-state index in [1.54, 1.807) is 24.3 Å². The summed E-state index contributed by atoms with van der Waals surface area (Å²) in [4.78, 5) is 25.2. The van der Waals surface area contributed by atoms with Crippen LogP contribution in [0.25, 0.3) is 0 Å². The standard InChI is InChI=1S/C24H38O4/c1-10-24(9,11-2)28-20(25)17-12-14-18(15-13-17)27-21(26)19(23(6,7)8)16-22(3,4)5/h12-15,19H,10-11,16H2,1-9H3. The van der Waals surface area contributed by atoms with Crippen LogP contribution in [0.2, 0.25) is 0 Å². The van der Waals surface area contributed by atoms with Crippen LogP contribution in [0.5, 0.6) is 5.75 Å². The number of rotatable bonds is 7. The van der Waals surface area contributed by atoms with Crippen molar-refractivity contribution in [3.05, 3.63) is 29.8 Å². The molecule has 0 bridgehead atoms. The van der Waals surface area contributed by atoms with Crippen LogP contribution >= 0.6 is 0 Å². The van der Waals surface area contributed by atoms with E-state index in [2.05, 4.69) is 41.5 Å². The molecule has 1 rings (SSSR count). The van der Waals surface area contributed by atoms with Crippen LogP contribution in [-0.2, 0) is 9.53 Å². The fourth-order valence-electron chi connectivity index (χ4n) is 2.88. The molecular weight excluding hydrogens is 352 g/mol. The van der Waals surface area contributed by atoms with Crippen LogP contribution < -0.4 is 4.74 Å². The smallest absolute Gasteiger partial charge is 0.338 e. The Hall–Kier alpha value is -1.84. The van der Waals surface area contributed by atoms with E-state index >= 15 is 0 Å². The van der Waals surface area contributed by atoms with E-state index in [4.69, 9.17) is 9.47 Å². The summed E-state index contributed by atoms with van der Waals surface area (Å²) in [5, 5.41) is 0. The quantitative estimate of drug-likeness (QED) is 0.398. The molecule has 1 unspecified atom stereocenters. The maximum absolute atomic E-state index is 12.8. The van der Waals surface area contributed by atoms with Crippen LogP contribution in [0.1, 0.15) is 91.9 Å². The third-order valence-corrected chi connectivity index (χ3v) is 5.29. The van der Waals surface area contributed by atoms with E-state index in [0.717, 1.165) is 19.3 Å². The van der Waals surface area contributed by atoms with E-state index in [1.807, 2.05) is 20.8 Å². The van der Waals surface area contributed by atoms with Crippen molar-refractivity contribution in [3.63, 3.8) is 0 Å². The molecule has 0 saturated carbocycles. The van der Waals surface area contributed by atoms with Gasteiger partial charge in [-0.1, -0.05) is 55.4 Å². The number of hydrogen-bond donors (Lipinski definition) is 0. The predicted octanol–water partition coefficient (Wildman–Crippen LogP) is 6.43. The molecule has 0 spiro atoms. The van der Waals surface area contributed by atoms with Crippen molar-refractivity contribution in [2.45, 2.75) is 87.2 Å². The minimum absolute atomic E-state index is 0.0236. The number of carbonyl (C=O) groups excluding carboxylic acids is 2. The van der Waals surface area contributed by atoms with Crippen LogP contribution in [0.15, 0.2) is 24.3 Å². The van der Waals surface area contributed by atoms with Gasteiger partial charge in [0.1, 0.15) is 11.4 Å². The molecule has 0 N–H and O–H groups in total. The van der Waals surface area contributed by atoms with Gasteiger partial charge in [-0.3, -0.25) is 4.79 Å². The van der Waals surface area contributed by atoms with Gasteiger partial charge < -0.3 is 9.47 Å². The average Bonchev–Trinajstić information content (AvgIpc) is 2.58. The number of benzene rings is 1. The van der Waals surface area contributed by atoms with E-state index in [1.165, 1.54) is 0 Å². The van der Waals surface area contributed by atoms with Gasteiger partial charge in [0.2, 0.25) is 0 Å². The number of hydrogen-bond acceptors (Lipinski definition) is 4. The Kier molecular flexibility index (Phi) is 7.87. The maximum Gasteiger partial charge on any atom is 0.338 e. The first-order valence-corrected chi connectivity index (χ1v) is 10.3. The lowest BCUT2D eigenvalue weighted by molar-refractivity contribution is -0.144. The Bertz CT molecular complexity index is 655. The maximum atomic E-state index is 12.8. The molecule has 1 aromatic carbocycles. The molecule has 0 aliphatic carbocycles. The molecule has 0 fully saturated rings. The first kappa shape index (κ1) is 24.2. The number of carbonyl (C=O) groups is 2. The van der Waals surface area contributed by atoms with Crippen molar-refractivity contribution in [1.29, 1.82) is 0 Å². The third-order valence-electron chi connectivity index (χ3n) is 5.29. The van der Waals surface area contributed by atoms with E-state index in [-0.39, 0.29) is 28.7 Å². The van der Waals surface area contributed by atoms with E-state index in [9.17, 15) is 9.59 Å². The molecule has 4 nitrogen and oxygen atoms in total. The molecule has 0 aliphatic rings. The van der Waals surface area contributed by atoms with Gasteiger partial charge in [0, 0.05) is 0 Å². The topological polar surface area (TPSA) is 52.6 Å². The van der Waals surface area contributed by atoms with Gasteiger partial charge in [0.15, 0.2) is 0 Å². The fraction of sp³-hybridized carbons (Fsp3) is 0.667. The second-order valence-electron chi connectivity index (χ2n) is 10.2. The lowest BCUT2D eigenvalue weighted by atomic mass is 9.72. The lowest BCUT2D eigenvalue weighted by Crippen LogP contribution is -2.35. The van der Waals surface area contributed by atoms with Gasteiger partial charge in [0.25, 0.3) is 0 Å². The summed E-state index contributed by atoms with van der Waals surface area (Å²) in [6.07, 6.45) is 2.26. The molecule has 1 aromatic rings. The zero-order chi connectivity index (χ0) is 21.8. The van der Waals surface area contributed by atoms with Gasteiger partial charge in [-0.15, -0.1) is 0 Å².